The molecule has 0 amide bonds. The molecule has 106 valence electrons. The summed E-state index contributed by atoms with van der Waals surface area (Å²) in [7, 11) is 0. The minimum absolute atomic E-state index is 0.613. The van der Waals surface area contributed by atoms with Crippen molar-refractivity contribution in [1.29, 1.82) is 0 Å². The first-order valence-corrected chi connectivity index (χ1v) is 7.44. The lowest BCUT2D eigenvalue weighted by Crippen LogP contribution is -2.14. The van der Waals surface area contributed by atoms with Crippen LogP contribution in [0.15, 0.2) is 35.1 Å². The van der Waals surface area contributed by atoms with Crippen LogP contribution in [0.1, 0.15) is 24.6 Å². The molecule has 0 aliphatic rings. The molecule has 0 fully saturated rings. The number of hydrogen-bond acceptors (Lipinski definition) is 4. The average molecular weight is 336 g/mol. The zero-order valence-corrected chi connectivity index (χ0v) is 13.3. The van der Waals surface area contributed by atoms with Crippen LogP contribution in [-0.2, 0) is 6.54 Å². The Balaban J connectivity index is 2.15. The van der Waals surface area contributed by atoms with E-state index in [1.54, 1.807) is 12.4 Å². The molecule has 0 radical (unpaired) electrons. The van der Waals surface area contributed by atoms with Crippen molar-refractivity contribution in [3.63, 3.8) is 0 Å². The second-order valence-corrected chi connectivity index (χ2v) is 5.45. The molecular weight excluding hydrogens is 318 g/mol. The van der Waals surface area contributed by atoms with E-state index in [0.29, 0.717) is 11.6 Å². The van der Waals surface area contributed by atoms with Gasteiger partial charge in [0, 0.05) is 28.5 Å². The number of nitrogens with one attached hydrogen (secondary N) is 1. The zero-order chi connectivity index (χ0) is 14.4. The fourth-order valence-electron chi connectivity index (χ4n) is 1.71. The van der Waals surface area contributed by atoms with Gasteiger partial charge in [0.25, 0.3) is 0 Å². The van der Waals surface area contributed by atoms with E-state index in [4.69, 9.17) is 4.74 Å². The van der Waals surface area contributed by atoms with Crippen molar-refractivity contribution in [2.75, 3.05) is 6.54 Å². The molecule has 0 spiro atoms. The molecule has 2 heterocycles. The normalized spacial score (nSPS) is 10.6. The highest BCUT2D eigenvalue weighted by molar-refractivity contribution is 9.10. The number of rotatable bonds is 6. The molecule has 20 heavy (non-hydrogen) atoms. The van der Waals surface area contributed by atoms with E-state index >= 15 is 0 Å². The number of halogens is 1. The average Bonchev–Trinajstić information content (AvgIpc) is 2.44. The molecule has 0 aliphatic carbocycles. The third-order valence-electron chi connectivity index (χ3n) is 2.73. The molecule has 0 aliphatic heterocycles. The third kappa shape index (κ3) is 4.28. The van der Waals surface area contributed by atoms with Gasteiger partial charge in [-0.05, 0) is 54.0 Å². The van der Waals surface area contributed by atoms with E-state index in [9.17, 15) is 0 Å². The number of ether oxygens (including phenoxy) is 1. The van der Waals surface area contributed by atoms with Crippen LogP contribution in [0, 0.1) is 6.92 Å². The van der Waals surface area contributed by atoms with Gasteiger partial charge in [-0.2, -0.15) is 0 Å². The summed E-state index contributed by atoms with van der Waals surface area (Å²) in [6.45, 7) is 5.79. The van der Waals surface area contributed by atoms with Gasteiger partial charge in [-0.15, -0.1) is 0 Å². The maximum Gasteiger partial charge on any atom is 0.223 e. The predicted molar refractivity (Wildman–Crippen MR) is 83.0 cm³/mol. The molecule has 0 unspecified atom stereocenters. The molecule has 0 saturated heterocycles. The quantitative estimate of drug-likeness (QED) is 0.814. The van der Waals surface area contributed by atoms with Crippen LogP contribution in [0.2, 0.25) is 0 Å². The number of aryl methyl sites for hydroxylation is 1. The van der Waals surface area contributed by atoms with Crippen molar-refractivity contribution < 1.29 is 4.74 Å². The molecule has 2 aromatic heterocycles. The standard InChI is InChI=1S/C15H18BrN3O/c1-3-6-17-8-12-7-13(16)9-19-15(12)20-14-5-4-11(2)18-10-14/h4-5,7,9-10,17H,3,6,8H2,1-2H3. The van der Waals surface area contributed by atoms with E-state index in [2.05, 4.69) is 38.1 Å². The maximum atomic E-state index is 5.82. The first-order valence-electron chi connectivity index (χ1n) is 6.64. The van der Waals surface area contributed by atoms with Gasteiger partial charge in [-0.1, -0.05) is 6.92 Å². The third-order valence-corrected chi connectivity index (χ3v) is 3.17. The van der Waals surface area contributed by atoms with Gasteiger partial charge < -0.3 is 10.1 Å². The molecular formula is C15H18BrN3O. The SMILES string of the molecule is CCCNCc1cc(Br)cnc1Oc1ccc(C)nc1. The van der Waals surface area contributed by atoms with Crippen molar-refractivity contribution in [3.05, 3.63) is 46.3 Å². The highest BCUT2D eigenvalue weighted by Crippen LogP contribution is 2.25. The smallest absolute Gasteiger partial charge is 0.223 e. The molecule has 5 heteroatoms. The van der Waals surface area contributed by atoms with Crippen molar-refractivity contribution in [2.45, 2.75) is 26.8 Å². The van der Waals surface area contributed by atoms with Crippen LogP contribution in [-0.4, -0.2) is 16.5 Å². The molecule has 2 aromatic rings. The summed E-state index contributed by atoms with van der Waals surface area (Å²) < 4.78 is 6.76. The Morgan fingerprint density at radius 2 is 2.10 bits per heavy atom. The first-order chi connectivity index (χ1) is 9.69. The summed E-state index contributed by atoms with van der Waals surface area (Å²) in [5.41, 5.74) is 1.99. The summed E-state index contributed by atoms with van der Waals surface area (Å²) in [4.78, 5) is 8.56. The second-order valence-electron chi connectivity index (χ2n) is 4.53. The van der Waals surface area contributed by atoms with Gasteiger partial charge in [0.15, 0.2) is 0 Å². The Morgan fingerprint density at radius 1 is 1.25 bits per heavy atom. The van der Waals surface area contributed by atoms with Gasteiger partial charge in [0.05, 0.1) is 6.20 Å². The topological polar surface area (TPSA) is 47.0 Å². The summed E-state index contributed by atoms with van der Waals surface area (Å²) in [5, 5.41) is 3.36. The number of aromatic nitrogens is 2. The molecule has 2 rings (SSSR count). The maximum absolute atomic E-state index is 5.82. The van der Waals surface area contributed by atoms with Crippen molar-refractivity contribution in [2.24, 2.45) is 0 Å². The molecule has 0 saturated carbocycles. The molecule has 0 aromatic carbocycles. The van der Waals surface area contributed by atoms with Crippen LogP contribution in [0.4, 0.5) is 0 Å². The van der Waals surface area contributed by atoms with Crippen LogP contribution in [0.5, 0.6) is 11.6 Å². The summed E-state index contributed by atoms with van der Waals surface area (Å²) in [6.07, 6.45) is 4.54. The largest absolute Gasteiger partial charge is 0.437 e. The fourth-order valence-corrected chi connectivity index (χ4v) is 2.09. The number of pyridine rings is 2. The van der Waals surface area contributed by atoms with Crippen LogP contribution < -0.4 is 10.1 Å². The number of hydrogen-bond donors (Lipinski definition) is 1. The summed E-state index contributed by atoms with van der Waals surface area (Å²) in [6, 6.07) is 5.84. The predicted octanol–water partition coefficient (Wildman–Crippen LogP) is 3.84. The van der Waals surface area contributed by atoms with E-state index < -0.39 is 0 Å². The van der Waals surface area contributed by atoms with Gasteiger partial charge >= 0.3 is 0 Å². The fraction of sp³-hybridized carbons (Fsp3) is 0.333. The molecule has 1 N–H and O–H groups in total. The second kappa shape index (κ2) is 7.36. The Hall–Kier alpha value is -1.46. The minimum Gasteiger partial charge on any atom is -0.437 e. The summed E-state index contributed by atoms with van der Waals surface area (Å²) >= 11 is 3.44. The highest BCUT2D eigenvalue weighted by Gasteiger charge is 2.08. The highest BCUT2D eigenvalue weighted by atomic mass is 79.9. The van der Waals surface area contributed by atoms with Gasteiger partial charge in [-0.3, -0.25) is 4.98 Å². The lowest BCUT2D eigenvalue weighted by molar-refractivity contribution is 0.450. The minimum atomic E-state index is 0.613. The van der Waals surface area contributed by atoms with E-state index in [0.717, 1.165) is 35.2 Å². The Bertz CT molecular complexity index is 558. The Labute approximate surface area is 127 Å². The Kier molecular flexibility index (Phi) is 5.49. The lowest BCUT2D eigenvalue weighted by Gasteiger charge is -2.11. The molecule has 0 bridgehead atoms. The molecule has 4 nitrogen and oxygen atoms in total. The van der Waals surface area contributed by atoms with E-state index in [1.807, 2.05) is 25.1 Å². The van der Waals surface area contributed by atoms with Crippen LogP contribution >= 0.6 is 15.9 Å². The van der Waals surface area contributed by atoms with Gasteiger partial charge in [0.2, 0.25) is 5.88 Å². The van der Waals surface area contributed by atoms with Crippen molar-refractivity contribution >= 4 is 15.9 Å². The van der Waals surface area contributed by atoms with Crippen molar-refractivity contribution in [3.8, 4) is 11.6 Å². The first kappa shape index (κ1) is 14.9. The van der Waals surface area contributed by atoms with Crippen molar-refractivity contribution in [1.82, 2.24) is 15.3 Å². The monoisotopic (exact) mass is 335 g/mol. The van der Waals surface area contributed by atoms with Gasteiger partial charge in [-0.25, -0.2) is 4.98 Å². The lowest BCUT2D eigenvalue weighted by atomic mass is 10.2. The Morgan fingerprint density at radius 3 is 2.80 bits per heavy atom. The number of nitrogens with zero attached hydrogens (tertiary/aromatic N) is 2. The van der Waals surface area contributed by atoms with E-state index in [1.165, 1.54) is 0 Å². The van der Waals surface area contributed by atoms with E-state index in [-0.39, 0.29) is 0 Å². The molecule has 0 atom stereocenters. The van der Waals surface area contributed by atoms with Gasteiger partial charge in [0.1, 0.15) is 5.75 Å². The van der Waals surface area contributed by atoms with Crippen LogP contribution in [0.25, 0.3) is 0 Å². The zero-order valence-electron chi connectivity index (χ0n) is 11.7. The summed E-state index contributed by atoms with van der Waals surface area (Å²) in [5.74, 6) is 1.31. The van der Waals surface area contributed by atoms with Crippen LogP contribution in [0.3, 0.4) is 0 Å².